The molecule has 0 radical (unpaired) electrons. The van der Waals surface area contributed by atoms with Crippen LogP contribution in [0, 0.1) is 0 Å². The van der Waals surface area contributed by atoms with Crippen molar-refractivity contribution in [1.29, 1.82) is 0 Å². The molecule has 0 aliphatic heterocycles. The van der Waals surface area contributed by atoms with Crippen LogP contribution in [-0.4, -0.2) is 62.3 Å². The first-order valence-electron chi connectivity index (χ1n) is 10.0. The van der Waals surface area contributed by atoms with Crippen LogP contribution in [0.2, 0.25) is 0 Å². The van der Waals surface area contributed by atoms with Crippen LogP contribution in [0.1, 0.15) is 77.6 Å². The molecule has 0 aliphatic rings. The van der Waals surface area contributed by atoms with Gasteiger partial charge in [-0.1, -0.05) is 64.7 Å². The zero-order valence-electron chi connectivity index (χ0n) is 16.4. The van der Waals surface area contributed by atoms with Gasteiger partial charge in [-0.15, -0.1) is 0 Å². The summed E-state index contributed by atoms with van der Waals surface area (Å²) in [5.41, 5.74) is -1.41. The highest BCUT2D eigenvalue weighted by Gasteiger charge is 2.29. The summed E-state index contributed by atoms with van der Waals surface area (Å²) in [6.45, 7) is 0.581. The normalized spacial score (nSPS) is 12.9. The first-order chi connectivity index (χ1) is 12.5. The Labute approximate surface area is 161 Å². The fourth-order valence-corrected chi connectivity index (χ4v) is 3.83. The van der Waals surface area contributed by atoms with Gasteiger partial charge in [-0.2, -0.15) is 0 Å². The summed E-state index contributed by atoms with van der Waals surface area (Å²) in [5, 5.41) is 29.9. The molecule has 1 unspecified atom stereocenters. The number of unbranched alkanes of at least 4 members (excludes halogenated alkanes) is 9. The van der Waals surface area contributed by atoms with Crippen molar-refractivity contribution in [1.82, 2.24) is 5.32 Å². The van der Waals surface area contributed by atoms with E-state index in [0.29, 0.717) is 5.75 Å². The molecule has 0 fully saturated rings. The van der Waals surface area contributed by atoms with Crippen molar-refractivity contribution in [3.8, 4) is 0 Å². The lowest BCUT2D eigenvalue weighted by Gasteiger charge is -2.28. The van der Waals surface area contributed by atoms with Crippen LogP contribution in [0.4, 0.5) is 0 Å². The van der Waals surface area contributed by atoms with Crippen molar-refractivity contribution >= 4 is 16.7 Å². The van der Waals surface area contributed by atoms with Gasteiger partial charge in [0.05, 0.1) is 19.8 Å². The van der Waals surface area contributed by atoms with E-state index >= 15 is 0 Å². The highest BCUT2D eigenvalue weighted by molar-refractivity contribution is 7.84. The maximum Gasteiger partial charge on any atom is 0.221 e. The van der Waals surface area contributed by atoms with E-state index in [-0.39, 0.29) is 12.2 Å². The molecule has 0 saturated heterocycles. The Balaban J connectivity index is 3.64. The van der Waals surface area contributed by atoms with Gasteiger partial charge in [0.25, 0.3) is 0 Å². The Morgan fingerprint density at radius 1 is 0.808 bits per heavy atom. The molecule has 0 bridgehead atoms. The third-order valence-corrected chi connectivity index (χ3v) is 6.00. The standard InChI is InChI=1S/C19H39NO5S/c1-2-3-4-5-6-7-8-9-10-11-13-26(25)14-12-18(24)20-19(15-21,16-22)17-23/h21-23H,2-17H2,1H3,(H,20,24). The summed E-state index contributed by atoms with van der Waals surface area (Å²) in [4.78, 5) is 11.8. The molecule has 6 nitrogen and oxygen atoms in total. The Morgan fingerprint density at radius 3 is 1.73 bits per heavy atom. The van der Waals surface area contributed by atoms with E-state index in [9.17, 15) is 9.00 Å². The zero-order valence-corrected chi connectivity index (χ0v) is 17.2. The maximum atomic E-state index is 11.9. The molecule has 0 spiro atoms. The van der Waals surface area contributed by atoms with Crippen molar-refractivity contribution in [3.63, 3.8) is 0 Å². The van der Waals surface area contributed by atoms with Gasteiger partial charge in [-0.05, 0) is 6.42 Å². The number of aliphatic hydroxyl groups excluding tert-OH is 3. The number of hydrogen-bond acceptors (Lipinski definition) is 5. The predicted molar refractivity (Wildman–Crippen MR) is 106 cm³/mol. The van der Waals surface area contributed by atoms with Gasteiger partial charge in [0.1, 0.15) is 5.54 Å². The number of carbonyl (C=O) groups is 1. The summed E-state index contributed by atoms with van der Waals surface area (Å²) in [6, 6.07) is 0. The van der Waals surface area contributed by atoms with Gasteiger partial charge in [0, 0.05) is 28.7 Å². The van der Waals surface area contributed by atoms with Crippen LogP contribution in [0.25, 0.3) is 0 Å². The minimum atomic E-state index is -1.41. The third kappa shape index (κ3) is 12.8. The second-order valence-electron chi connectivity index (χ2n) is 7.08. The van der Waals surface area contributed by atoms with Crippen molar-refractivity contribution in [2.45, 2.75) is 83.1 Å². The number of rotatable bonds is 18. The molecule has 26 heavy (non-hydrogen) atoms. The van der Waals surface area contributed by atoms with Gasteiger partial charge in [0.2, 0.25) is 5.91 Å². The van der Waals surface area contributed by atoms with Crippen LogP contribution >= 0.6 is 0 Å². The number of carbonyl (C=O) groups excluding carboxylic acids is 1. The van der Waals surface area contributed by atoms with E-state index in [4.69, 9.17) is 15.3 Å². The average molecular weight is 394 g/mol. The molecule has 4 N–H and O–H groups in total. The van der Waals surface area contributed by atoms with Gasteiger partial charge in [-0.3, -0.25) is 9.00 Å². The highest BCUT2D eigenvalue weighted by atomic mass is 32.2. The molecule has 156 valence electrons. The number of aliphatic hydroxyl groups is 3. The summed E-state index contributed by atoms with van der Waals surface area (Å²) in [5.74, 6) is 0.454. The van der Waals surface area contributed by atoms with Crippen LogP contribution in [0.5, 0.6) is 0 Å². The molecule has 0 rings (SSSR count). The van der Waals surface area contributed by atoms with E-state index in [0.717, 1.165) is 12.8 Å². The molecule has 0 saturated carbocycles. The number of nitrogens with one attached hydrogen (secondary N) is 1. The number of amides is 1. The third-order valence-electron chi connectivity index (χ3n) is 4.59. The van der Waals surface area contributed by atoms with Gasteiger partial charge in [0.15, 0.2) is 0 Å². The minimum absolute atomic E-state index is 0.0616. The van der Waals surface area contributed by atoms with Crippen molar-refractivity contribution in [2.24, 2.45) is 0 Å². The fraction of sp³-hybridized carbons (Fsp3) is 0.947. The zero-order chi connectivity index (χ0) is 19.7. The lowest BCUT2D eigenvalue weighted by atomic mass is 10.0. The Bertz CT molecular complexity index is 367. The summed E-state index contributed by atoms with van der Waals surface area (Å²) in [6.07, 6.45) is 12.4. The van der Waals surface area contributed by atoms with Gasteiger partial charge < -0.3 is 20.6 Å². The SMILES string of the molecule is CCCCCCCCCCCCS(=O)CCC(=O)NC(CO)(CO)CO. The lowest BCUT2D eigenvalue weighted by Crippen LogP contribution is -2.57. The molecular formula is C19H39NO5S. The van der Waals surface area contributed by atoms with Crippen LogP contribution in [-0.2, 0) is 15.6 Å². The van der Waals surface area contributed by atoms with Crippen LogP contribution < -0.4 is 5.32 Å². The molecule has 7 heteroatoms. The molecule has 0 heterocycles. The largest absolute Gasteiger partial charge is 0.394 e. The van der Waals surface area contributed by atoms with Crippen molar-refractivity contribution in [2.75, 3.05) is 31.3 Å². The quantitative estimate of drug-likeness (QED) is 0.266. The molecule has 0 aliphatic carbocycles. The predicted octanol–water partition coefficient (Wildman–Crippen LogP) is 1.88. The Hall–Kier alpha value is -0.500. The first-order valence-corrected chi connectivity index (χ1v) is 11.5. The van der Waals surface area contributed by atoms with Crippen molar-refractivity contribution < 1.29 is 24.3 Å². The average Bonchev–Trinajstić information content (AvgIpc) is 2.66. The monoisotopic (exact) mass is 393 g/mol. The molecule has 0 aromatic heterocycles. The van der Waals surface area contributed by atoms with E-state index in [1.807, 2.05) is 0 Å². The van der Waals surface area contributed by atoms with Gasteiger partial charge in [-0.25, -0.2) is 0 Å². The summed E-state index contributed by atoms with van der Waals surface area (Å²) < 4.78 is 11.9. The van der Waals surface area contributed by atoms with E-state index < -0.39 is 42.1 Å². The Kier molecular flexibility index (Phi) is 16.3. The first kappa shape index (κ1) is 25.5. The Morgan fingerprint density at radius 2 is 1.27 bits per heavy atom. The van der Waals surface area contributed by atoms with Crippen LogP contribution in [0.15, 0.2) is 0 Å². The molecule has 0 aromatic rings. The lowest BCUT2D eigenvalue weighted by molar-refractivity contribution is -0.125. The summed E-state index contributed by atoms with van der Waals surface area (Å²) in [7, 11) is -1.04. The van der Waals surface area contributed by atoms with E-state index in [1.165, 1.54) is 51.4 Å². The topological polar surface area (TPSA) is 107 Å². The molecule has 0 aromatic carbocycles. The van der Waals surface area contributed by atoms with Crippen LogP contribution in [0.3, 0.4) is 0 Å². The fourth-order valence-electron chi connectivity index (χ4n) is 2.69. The molecule has 1 amide bonds. The van der Waals surface area contributed by atoms with Gasteiger partial charge >= 0.3 is 0 Å². The maximum absolute atomic E-state index is 11.9. The molecular weight excluding hydrogens is 354 g/mol. The second kappa shape index (κ2) is 16.7. The smallest absolute Gasteiger partial charge is 0.221 e. The number of hydrogen-bond donors (Lipinski definition) is 4. The molecule has 1 atom stereocenters. The van der Waals surface area contributed by atoms with Crippen molar-refractivity contribution in [3.05, 3.63) is 0 Å². The highest BCUT2D eigenvalue weighted by Crippen LogP contribution is 2.11. The minimum Gasteiger partial charge on any atom is -0.394 e. The summed E-state index contributed by atoms with van der Waals surface area (Å²) >= 11 is 0. The second-order valence-corrected chi connectivity index (χ2v) is 8.78. The van der Waals surface area contributed by atoms with E-state index in [1.54, 1.807) is 0 Å². The van der Waals surface area contributed by atoms with E-state index in [2.05, 4.69) is 12.2 Å².